The molecule has 0 aliphatic rings. The number of nitrogens with zero attached hydrogens (tertiary/aromatic N) is 1. The van der Waals surface area contributed by atoms with Crippen LogP contribution in [0.4, 0.5) is 0 Å². The van der Waals surface area contributed by atoms with E-state index in [9.17, 15) is 5.11 Å². The van der Waals surface area contributed by atoms with Gasteiger partial charge in [-0.25, -0.2) is 0 Å². The highest BCUT2D eigenvalue weighted by Gasteiger charge is 2.22. The molecule has 0 aliphatic carbocycles. The first-order valence-electron chi connectivity index (χ1n) is 6.77. The molecular formula is C14H27N3O. The molecule has 104 valence electrons. The van der Waals surface area contributed by atoms with Gasteiger partial charge in [0, 0.05) is 23.8 Å². The standard InChI is InChI=1S/C14H27N3O/c1-10(2)6-7-14(5,18)9-15-11(3)13-8-16-17-12(13)4/h8,10-11,15,18H,6-7,9H2,1-5H3,(H,16,17). The Labute approximate surface area is 110 Å². The van der Waals surface area contributed by atoms with Gasteiger partial charge in [0.2, 0.25) is 0 Å². The van der Waals surface area contributed by atoms with E-state index in [4.69, 9.17) is 0 Å². The van der Waals surface area contributed by atoms with Crippen LogP contribution in [0, 0.1) is 12.8 Å². The van der Waals surface area contributed by atoms with Crippen LogP contribution in [0.15, 0.2) is 6.20 Å². The number of aliphatic hydroxyl groups is 1. The summed E-state index contributed by atoms with van der Waals surface area (Å²) in [4.78, 5) is 0. The maximum absolute atomic E-state index is 10.3. The molecule has 1 rings (SSSR count). The third-order valence-electron chi connectivity index (χ3n) is 3.38. The van der Waals surface area contributed by atoms with E-state index in [1.807, 2.05) is 20.0 Å². The van der Waals surface area contributed by atoms with Gasteiger partial charge in [-0.05, 0) is 39.5 Å². The predicted octanol–water partition coefficient (Wildman–Crippen LogP) is 2.56. The minimum Gasteiger partial charge on any atom is -0.389 e. The number of aryl methyl sites for hydroxylation is 1. The number of aromatic nitrogens is 2. The summed E-state index contributed by atoms with van der Waals surface area (Å²) in [6.07, 6.45) is 3.72. The van der Waals surface area contributed by atoms with Crippen molar-refractivity contribution in [3.8, 4) is 0 Å². The van der Waals surface area contributed by atoms with Gasteiger partial charge in [-0.3, -0.25) is 5.10 Å². The molecule has 3 N–H and O–H groups in total. The van der Waals surface area contributed by atoms with E-state index in [1.54, 1.807) is 0 Å². The molecule has 0 aliphatic heterocycles. The van der Waals surface area contributed by atoms with Crippen molar-refractivity contribution in [2.45, 2.75) is 59.1 Å². The highest BCUT2D eigenvalue weighted by atomic mass is 16.3. The normalized spacial score (nSPS) is 16.8. The van der Waals surface area contributed by atoms with Crippen LogP contribution in [-0.2, 0) is 0 Å². The van der Waals surface area contributed by atoms with Crippen LogP contribution in [0.3, 0.4) is 0 Å². The molecule has 4 nitrogen and oxygen atoms in total. The van der Waals surface area contributed by atoms with Gasteiger partial charge in [-0.15, -0.1) is 0 Å². The number of hydrogen-bond donors (Lipinski definition) is 3. The Balaban J connectivity index is 2.42. The molecule has 4 heteroatoms. The molecule has 1 aromatic heterocycles. The van der Waals surface area contributed by atoms with E-state index in [0.717, 1.165) is 24.1 Å². The van der Waals surface area contributed by atoms with Crippen molar-refractivity contribution >= 4 is 0 Å². The number of nitrogens with one attached hydrogen (secondary N) is 2. The fourth-order valence-corrected chi connectivity index (χ4v) is 1.97. The number of rotatable bonds is 7. The molecule has 2 unspecified atom stereocenters. The minimum absolute atomic E-state index is 0.203. The SMILES string of the molecule is Cc1[nH]ncc1C(C)NCC(C)(O)CCC(C)C. The lowest BCUT2D eigenvalue weighted by molar-refractivity contribution is 0.0430. The smallest absolute Gasteiger partial charge is 0.0743 e. The van der Waals surface area contributed by atoms with Crippen LogP contribution in [0.2, 0.25) is 0 Å². The molecule has 0 aromatic carbocycles. The molecule has 0 saturated carbocycles. The van der Waals surface area contributed by atoms with Crippen molar-refractivity contribution in [3.05, 3.63) is 17.5 Å². The molecule has 2 atom stereocenters. The van der Waals surface area contributed by atoms with Crippen molar-refractivity contribution in [1.29, 1.82) is 0 Å². The van der Waals surface area contributed by atoms with Crippen molar-refractivity contribution < 1.29 is 5.11 Å². The van der Waals surface area contributed by atoms with Gasteiger partial charge in [0.25, 0.3) is 0 Å². The summed E-state index contributed by atoms with van der Waals surface area (Å²) >= 11 is 0. The van der Waals surface area contributed by atoms with Gasteiger partial charge in [-0.2, -0.15) is 5.10 Å². The maximum Gasteiger partial charge on any atom is 0.0743 e. The molecule has 0 spiro atoms. The van der Waals surface area contributed by atoms with Gasteiger partial charge in [-0.1, -0.05) is 13.8 Å². The molecule has 18 heavy (non-hydrogen) atoms. The summed E-state index contributed by atoms with van der Waals surface area (Å²) in [6.45, 7) is 11.0. The average Bonchev–Trinajstić information content (AvgIpc) is 2.70. The first kappa shape index (κ1) is 15.2. The molecule has 0 amide bonds. The van der Waals surface area contributed by atoms with E-state index in [0.29, 0.717) is 12.5 Å². The van der Waals surface area contributed by atoms with Crippen LogP contribution >= 0.6 is 0 Å². The van der Waals surface area contributed by atoms with Crippen LogP contribution in [0.1, 0.15) is 57.8 Å². The number of H-pyrrole nitrogens is 1. The third kappa shape index (κ3) is 4.78. The van der Waals surface area contributed by atoms with Crippen LogP contribution < -0.4 is 5.32 Å². The van der Waals surface area contributed by atoms with Crippen molar-refractivity contribution in [2.75, 3.05) is 6.54 Å². The Morgan fingerprint density at radius 2 is 2.11 bits per heavy atom. The minimum atomic E-state index is -0.643. The van der Waals surface area contributed by atoms with Gasteiger partial charge in [0.05, 0.1) is 11.8 Å². The van der Waals surface area contributed by atoms with Crippen molar-refractivity contribution in [3.63, 3.8) is 0 Å². The first-order chi connectivity index (χ1) is 8.32. The quantitative estimate of drug-likeness (QED) is 0.700. The van der Waals surface area contributed by atoms with Crippen LogP contribution in [0.5, 0.6) is 0 Å². The fraction of sp³-hybridized carbons (Fsp3) is 0.786. The number of hydrogen-bond acceptors (Lipinski definition) is 3. The summed E-state index contributed by atoms with van der Waals surface area (Å²) in [6, 6.07) is 0.203. The molecule has 1 heterocycles. The Kier molecular flexibility index (Phi) is 5.35. The largest absolute Gasteiger partial charge is 0.389 e. The molecule has 0 fully saturated rings. The van der Waals surface area contributed by atoms with Gasteiger partial charge in [0.1, 0.15) is 0 Å². The predicted molar refractivity (Wildman–Crippen MR) is 74.4 cm³/mol. The van der Waals surface area contributed by atoms with Crippen molar-refractivity contribution in [1.82, 2.24) is 15.5 Å². The maximum atomic E-state index is 10.3. The monoisotopic (exact) mass is 253 g/mol. The fourth-order valence-electron chi connectivity index (χ4n) is 1.97. The van der Waals surface area contributed by atoms with Gasteiger partial charge >= 0.3 is 0 Å². The zero-order chi connectivity index (χ0) is 13.8. The Hall–Kier alpha value is -0.870. The lowest BCUT2D eigenvalue weighted by Gasteiger charge is -2.26. The van der Waals surface area contributed by atoms with Crippen LogP contribution in [0.25, 0.3) is 0 Å². The lowest BCUT2D eigenvalue weighted by atomic mass is 9.95. The average molecular weight is 253 g/mol. The van der Waals surface area contributed by atoms with E-state index in [-0.39, 0.29) is 6.04 Å². The summed E-state index contributed by atoms with van der Waals surface area (Å²) in [5, 5.41) is 20.6. The zero-order valence-electron chi connectivity index (χ0n) is 12.2. The second-order valence-corrected chi connectivity index (χ2v) is 5.98. The van der Waals surface area contributed by atoms with E-state index in [1.165, 1.54) is 0 Å². The zero-order valence-corrected chi connectivity index (χ0v) is 12.2. The molecule has 0 bridgehead atoms. The third-order valence-corrected chi connectivity index (χ3v) is 3.38. The first-order valence-corrected chi connectivity index (χ1v) is 6.77. The molecule has 0 saturated heterocycles. The van der Waals surface area contributed by atoms with Gasteiger partial charge < -0.3 is 10.4 Å². The second-order valence-electron chi connectivity index (χ2n) is 5.98. The Bertz CT molecular complexity index is 358. The van der Waals surface area contributed by atoms with E-state index in [2.05, 4.69) is 36.3 Å². The molecule has 1 aromatic rings. The molecular weight excluding hydrogens is 226 g/mol. The Morgan fingerprint density at radius 3 is 2.61 bits per heavy atom. The second kappa shape index (κ2) is 6.34. The summed E-state index contributed by atoms with van der Waals surface area (Å²) in [7, 11) is 0. The van der Waals surface area contributed by atoms with E-state index < -0.39 is 5.60 Å². The number of aromatic amines is 1. The van der Waals surface area contributed by atoms with E-state index >= 15 is 0 Å². The highest BCUT2D eigenvalue weighted by Crippen LogP contribution is 2.18. The topological polar surface area (TPSA) is 60.9 Å². The summed E-state index contributed by atoms with van der Waals surface area (Å²) in [5.41, 5.74) is 1.60. The summed E-state index contributed by atoms with van der Waals surface area (Å²) in [5.74, 6) is 0.630. The highest BCUT2D eigenvalue weighted by molar-refractivity contribution is 5.18. The van der Waals surface area contributed by atoms with Crippen LogP contribution in [-0.4, -0.2) is 27.4 Å². The summed E-state index contributed by atoms with van der Waals surface area (Å²) < 4.78 is 0. The van der Waals surface area contributed by atoms with Crippen molar-refractivity contribution in [2.24, 2.45) is 5.92 Å². The Morgan fingerprint density at radius 1 is 1.44 bits per heavy atom. The van der Waals surface area contributed by atoms with Gasteiger partial charge in [0.15, 0.2) is 0 Å². The lowest BCUT2D eigenvalue weighted by Crippen LogP contribution is -2.39. The molecule has 0 radical (unpaired) electrons.